The third-order valence-electron chi connectivity index (χ3n) is 3.01. The molecule has 0 heterocycles. The second kappa shape index (κ2) is 4.10. The first-order valence-corrected chi connectivity index (χ1v) is 4.93. The SMILES string of the molecule is CCCC1C(O)CCC[C@H]1C. The van der Waals surface area contributed by atoms with Crippen LogP contribution >= 0.6 is 0 Å². The largest absolute Gasteiger partial charge is 0.393 e. The number of hydrogen-bond acceptors (Lipinski definition) is 1. The van der Waals surface area contributed by atoms with Crippen molar-refractivity contribution in [2.75, 3.05) is 0 Å². The highest BCUT2D eigenvalue weighted by Gasteiger charge is 2.27. The van der Waals surface area contributed by atoms with E-state index in [2.05, 4.69) is 13.8 Å². The number of aliphatic hydroxyl groups excluding tert-OH is 1. The second-order valence-electron chi connectivity index (χ2n) is 3.93. The van der Waals surface area contributed by atoms with Gasteiger partial charge in [0.25, 0.3) is 0 Å². The molecular weight excluding hydrogens is 136 g/mol. The molecule has 0 aliphatic heterocycles. The Bertz CT molecular complexity index is 101. The molecule has 0 amide bonds. The highest BCUT2D eigenvalue weighted by Crippen LogP contribution is 2.32. The van der Waals surface area contributed by atoms with E-state index in [1.165, 1.54) is 25.7 Å². The molecule has 1 heteroatoms. The average molecular weight is 156 g/mol. The Hall–Kier alpha value is -0.0400. The lowest BCUT2D eigenvalue weighted by molar-refractivity contribution is 0.0333. The molecule has 0 saturated heterocycles. The molecule has 1 rings (SSSR count). The molecule has 1 aliphatic rings. The molecule has 0 aromatic heterocycles. The van der Waals surface area contributed by atoms with Gasteiger partial charge in [-0.05, 0) is 24.7 Å². The fraction of sp³-hybridized carbons (Fsp3) is 1.00. The van der Waals surface area contributed by atoms with Crippen molar-refractivity contribution in [3.8, 4) is 0 Å². The van der Waals surface area contributed by atoms with Crippen LogP contribution < -0.4 is 0 Å². The van der Waals surface area contributed by atoms with Crippen molar-refractivity contribution in [1.82, 2.24) is 0 Å². The van der Waals surface area contributed by atoms with E-state index in [9.17, 15) is 5.11 Å². The molecule has 0 spiro atoms. The van der Waals surface area contributed by atoms with Gasteiger partial charge in [-0.2, -0.15) is 0 Å². The second-order valence-corrected chi connectivity index (χ2v) is 3.93. The van der Waals surface area contributed by atoms with Crippen LogP contribution in [0, 0.1) is 11.8 Å². The number of aliphatic hydroxyl groups is 1. The predicted octanol–water partition coefficient (Wildman–Crippen LogP) is 2.58. The monoisotopic (exact) mass is 156 g/mol. The van der Waals surface area contributed by atoms with Crippen molar-refractivity contribution in [2.24, 2.45) is 11.8 Å². The smallest absolute Gasteiger partial charge is 0.0570 e. The summed E-state index contributed by atoms with van der Waals surface area (Å²) in [6, 6.07) is 0. The Balaban J connectivity index is 2.41. The summed E-state index contributed by atoms with van der Waals surface area (Å²) in [5.74, 6) is 1.34. The molecule has 0 bridgehead atoms. The Morgan fingerprint density at radius 3 is 2.64 bits per heavy atom. The molecule has 0 aromatic rings. The minimum absolute atomic E-state index is 0.00120. The summed E-state index contributed by atoms with van der Waals surface area (Å²) in [7, 11) is 0. The average Bonchev–Trinajstić information content (AvgIpc) is 1.97. The van der Waals surface area contributed by atoms with Gasteiger partial charge in [0.2, 0.25) is 0 Å². The minimum atomic E-state index is -0.00120. The van der Waals surface area contributed by atoms with Gasteiger partial charge in [-0.3, -0.25) is 0 Å². The molecule has 2 unspecified atom stereocenters. The van der Waals surface area contributed by atoms with Crippen molar-refractivity contribution in [3.05, 3.63) is 0 Å². The standard InChI is InChI=1S/C10H20O/c1-3-5-9-8(2)6-4-7-10(9)11/h8-11H,3-7H2,1-2H3/t8-,9?,10?/m1/s1. The van der Waals surface area contributed by atoms with Gasteiger partial charge >= 0.3 is 0 Å². The van der Waals surface area contributed by atoms with Crippen molar-refractivity contribution in [3.63, 3.8) is 0 Å². The van der Waals surface area contributed by atoms with Crippen LogP contribution in [0.2, 0.25) is 0 Å². The summed E-state index contributed by atoms with van der Waals surface area (Å²) >= 11 is 0. The van der Waals surface area contributed by atoms with Crippen LogP contribution in [-0.2, 0) is 0 Å². The summed E-state index contributed by atoms with van der Waals surface area (Å²) in [6.45, 7) is 4.48. The molecular formula is C10H20O. The predicted molar refractivity (Wildman–Crippen MR) is 47.4 cm³/mol. The van der Waals surface area contributed by atoms with Crippen LogP contribution in [-0.4, -0.2) is 11.2 Å². The van der Waals surface area contributed by atoms with Crippen LogP contribution in [0.15, 0.2) is 0 Å². The van der Waals surface area contributed by atoms with E-state index in [-0.39, 0.29) is 6.10 Å². The topological polar surface area (TPSA) is 20.2 Å². The summed E-state index contributed by atoms with van der Waals surface area (Å²) in [6.07, 6.45) is 6.01. The highest BCUT2D eigenvalue weighted by molar-refractivity contribution is 4.78. The molecule has 1 N–H and O–H groups in total. The number of hydrogen-bond donors (Lipinski definition) is 1. The van der Waals surface area contributed by atoms with E-state index in [0.717, 1.165) is 12.3 Å². The van der Waals surface area contributed by atoms with Crippen molar-refractivity contribution < 1.29 is 5.11 Å². The van der Waals surface area contributed by atoms with Gasteiger partial charge in [-0.15, -0.1) is 0 Å². The molecule has 0 aromatic carbocycles. The van der Waals surface area contributed by atoms with Gasteiger partial charge in [-0.25, -0.2) is 0 Å². The third-order valence-corrected chi connectivity index (χ3v) is 3.01. The van der Waals surface area contributed by atoms with E-state index in [0.29, 0.717) is 5.92 Å². The lowest BCUT2D eigenvalue weighted by Gasteiger charge is -2.33. The fourth-order valence-corrected chi connectivity index (χ4v) is 2.27. The third kappa shape index (κ3) is 2.19. The first-order valence-electron chi connectivity index (χ1n) is 4.93. The van der Waals surface area contributed by atoms with Gasteiger partial charge in [0.15, 0.2) is 0 Å². The van der Waals surface area contributed by atoms with Gasteiger partial charge in [0, 0.05) is 0 Å². The highest BCUT2D eigenvalue weighted by atomic mass is 16.3. The zero-order chi connectivity index (χ0) is 8.27. The Morgan fingerprint density at radius 2 is 2.09 bits per heavy atom. The van der Waals surface area contributed by atoms with Crippen molar-refractivity contribution >= 4 is 0 Å². The Morgan fingerprint density at radius 1 is 1.36 bits per heavy atom. The van der Waals surface area contributed by atoms with Crippen LogP contribution in [0.5, 0.6) is 0 Å². The van der Waals surface area contributed by atoms with Gasteiger partial charge < -0.3 is 5.11 Å². The first kappa shape index (κ1) is 9.05. The minimum Gasteiger partial charge on any atom is -0.393 e. The molecule has 1 aliphatic carbocycles. The zero-order valence-electron chi connectivity index (χ0n) is 7.71. The molecule has 11 heavy (non-hydrogen) atoms. The van der Waals surface area contributed by atoms with Crippen LogP contribution in [0.25, 0.3) is 0 Å². The van der Waals surface area contributed by atoms with E-state index >= 15 is 0 Å². The van der Waals surface area contributed by atoms with Gasteiger partial charge in [-0.1, -0.05) is 33.1 Å². The van der Waals surface area contributed by atoms with Crippen molar-refractivity contribution in [1.29, 1.82) is 0 Å². The summed E-state index contributed by atoms with van der Waals surface area (Å²) in [4.78, 5) is 0. The Labute approximate surface area is 69.8 Å². The van der Waals surface area contributed by atoms with Crippen molar-refractivity contribution in [2.45, 2.75) is 52.1 Å². The summed E-state index contributed by atoms with van der Waals surface area (Å²) < 4.78 is 0. The zero-order valence-corrected chi connectivity index (χ0v) is 7.71. The van der Waals surface area contributed by atoms with Gasteiger partial charge in [0.1, 0.15) is 0 Å². The molecule has 1 fully saturated rings. The molecule has 66 valence electrons. The lowest BCUT2D eigenvalue weighted by atomic mass is 9.76. The maximum absolute atomic E-state index is 9.67. The fourth-order valence-electron chi connectivity index (χ4n) is 2.27. The molecule has 1 nitrogen and oxygen atoms in total. The normalized spacial score (nSPS) is 39.0. The quantitative estimate of drug-likeness (QED) is 0.651. The van der Waals surface area contributed by atoms with E-state index in [1.54, 1.807) is 0 Å². The first-order chi connectivity index (χ1) is 5.25. The van der Waals surface area contributed by atoms with E-state index in [1.807, 2.05) is 0 Å². The molecule has 3 atom stereocenters. The molecule has 1 saturated carbocycles. The molecule has 0 radical (unpaired) electrons. The lowest BCUT2D eigenvalue weighted by Crippen LogP contribution is -2.30. The number of rotatable bonds is 2. The summed E-state index contributed by atoms with van der Waals surface area (Å²) in [5, 5.41) is 9.67. The van der Waals surface area contributed by atoms with Crippen LogP contribution in [0.1, 0.15) is 46.0 Å². The van der Waals surface area contributed by atoms with Gasteiger partial charge in [0.05, 0.1) is 6.10 Å². The van der Waals surface area contributed by atoms with E-state index in [4.69, 9.17) is 0 Å². The van der Waals surface area contributed by atoms with Crippen LogP contribution in [0.4, 0.5) is 0 Å². The maximum atomic E-state index is 9.67. The van der Waals surface area contributed by atoms with E-state index < -0.39 is 0 Å². The summed E-state index contributed by atoms with van der Waals surface area (Å²) in [5.41, 5.74) is 0. The Kier molecular flexibility index (Phi) is 3.38. The maximum Gasteiger partial charge on any atom is 0.0570 e. The van der Waals surface area contributed by atoms with Crippen LogP contribution in [0.3, 0.4) is 0 Å².